The van der Waals surface area contributed by atoms with Gasteiger partial charge in [0.2, 0.25) is 0 Å². The summed E-state index contributed by atoms with van der Waals surface area (Å²) in [4.78, 5) is 17.6. The first kappa shape index (κ1) is 12.0. The van der Waals surface area contributed by atoms with Gasteiger partial charge in [-0.25, -0.2) is 4.79 Å². The molecule has 4 nitrogen and oxygen atoms in total. The van der Waals surface area contributed by atoms with Crippen LogP contribution in [0.25, 0.3) is 10.9 Å². The Balaban J connectivity index is 2.11. The normalized spacial score (nSPS) is 18.4. The summed E-state index contributed by atoms with van der Waals surface area (Å²) in [5.41, 5.74) is 3.46. The predicted octanol–water partition coefficient (Wildman–Crippen LogP) is 2.84. The number of carboxylic acid groups (broad SMARTS) is 1. The fraction of sp³-hybridized carbons (Fsp3) is 0.333. The zero-order chi connectivity index (χ0) is 13.6. The molecule has 1 aliphatic rings. The Morgan fingerprint density at radius 1 is 1.42 bits per heavy atom. The summed E-state index contributed by atoms with van der Waals surface area (Å²) in [6, 6.07) is 6.34. The highest BCUT2D eigenvalue weighted by Gasteiger charge is 2.25. The van der Waals surface area contributed by atoms with Gasteiger partial charge in [-0.3, -0.25) is 4.98 Å². The summed E-state index contributed by atoms with van der Waals surface area (Å²) >= 11 is 0. The van der Waals surface area contributed by atoms with E-state index < -0.39 is 5.97 Å². The van der Waals surface area contributed by atoms with Crippen LogP contribution in [0.5, 0.6) is 0 Å². The van der Waals surface area contributed by atoms with Crippen molar-refractivity contribution in [1.29, 1.82) is 0 Å². The van der Waals surface area contributed by atoms with Crippen LogP contribution in [0.3, 0.4) is 0 Å². The van der Waals surface area contributed by atoms with Crippen LogP contribution in [0.2, 0.25) is 0 Å². The van der Waals surface area contributed by atoms with Crippen LogP contribution in [-0.2, 0) is 0 Å². The lowest BCUT2D eigenvalue weighted by Crippen LogP contribution is -2.46. The van der Waals surface area contributed by atoms with E-state index in [1.807, 2.05) is 6.07 Å². The van der Waals surface area contributed by atoms with Crippen LogP contribution in [-0.4, -0.2) is 28.6 Å². The van der Waals surface area contributed by atoms with E-state index in [1.165, 1.54) is 23.9 Å². The van der Waals surface area contributed by atoms with E-state index in [2.05, 4.69) is 29.8 Å². The van der Waals surface area contributed by atoms with Gasteiger partial charge in [0.1, 0.15) is 0 Å². The first-order chi connectivity index (χ1) is 9.06. The lowest BCUT2D eigenvalue weighted by atomic mass is 10.00. The summed E-state index contributed by atoms with van der Waals surface area (Å²) < 4.78 is 0. The van der Waals surface area contributed by atoms with Crippen molar-refractivity contribution in [2.45, 2.75) is 26.3 Å². The van der Waals surface area contributed by atoms with Gasteiger partial charge < -0.3 is 10.0 Å². The number of aryl methyl sites for hydroxylation is 1. The number of carbonyl (C=O) groups is 1. The Kier molecular flexibility index (Phi) is 2.66. The number of aromatic carboxylic acids is 1. The Hall–Kier alpha value is -2.10. The molecule has 4 heteroatoms. The van der Waals surface area contributed by atoms with Crippen LogP contribution in [0, 0.1) is 6.92 Å². The fourth-order valence-electron chi connectivity index (χ4n) is 2.58. The maximum absolute atomic E-state index is 11.0. The summed E-state index contributed by atoms with van der Waals surface area (Å²) in [7, 11) is 0. The molecule has 3 rings (SSSR count). The number of aromatic nitrogens is 1. The number of pyridine rings is 1. The van der Waals surface area contributed by atoms with Crippen LogP contribution in [0.15, 0.2) is 24.4 Å². The monoisotopic (exact) mass is 256 g/mol. The quantitative estimate of drug-likeness (QED) is 0.897. The third-order valence-electron chi connectivity index (χ3n) is 3.88. The Morgan fingerprint density at radius 2 is 2.21 bits per heavy atom. The molecule has 1 fully saturated rings. The zero-order valence-corrected chi connectivity index (χ0v) is 11.1. The minimum Gasteiger partial charge on any atom is -0.478 e. The number of benzene rings is 1. The zero-order valence-electron chi connectivity index (χ0n) is 11.1. The molecule has 0 saturated carbocycles. The molecule has 2 heterocycles. The number of hydrogen-bond donors (Lipinski definition) is 1. The average molecular weight is 256 g/mol. The van der Waals surface area contributed by atoms with Crippen LogP contribution >= 0.6 is 0 Å². The number of rotatable bonds is 2. The lowest BCUT2D eigenvalue weighted by Gasteiger charge is -2.41. The molecule has 0 aliphatic carbocycles. The Morgan fingerprint density at radius 3 is 2.79 bits per heavy atom. The minimum atomic E-state index is -0.938. The molecule has 1 N–H and O–H groups in total. The second-order valence-corrected chi connectivity index (χ2v) is 5.19. The van der Waals surface area contributed by atoms with Gasteiger partial charge >= 0.3 is 5.97 Å². The largest absolute Gasteiger partial charge is 0.478 e. The van der Waals surface area contributed by atoms with Gasteiger partial charge in [0.05, 0.1) is 11.1 Å². The molecular formula is C15H16N2O2. The van der Waals surface area contributed by atoms with Crippen molar-refractivity contribution in [3.63, 3.8) is 0 Å². The van der Waals surface area contributed by atoms with Gasteiger partial charge in [-0.1, -0.05) is 0 Å². The summed E-state index contributed by atoms with van der Waals surface area (Å²) in [6.45, 7) is 5.36. The number of anilines is 1. The minimum absolute atomic E-state index is 0.233. The fourth-order valence-corrected chi connectivity index (χ4v) is 2.58. The second-order valence-electron chi connectivity index (χ2n) is 5.19. The molecule has 2 aromatic rings. The molecule has 0 spiro atoms. The van der Waals surface area contributed by atoms with E-state index in [1.54, 1.807) is 6.07 Å². The van der Waals surface area contributed by atoms with Crippen molar-refractivity contribution in [3.05, 3.63) is 35.5 Å². The second kappa shape index (κ2) is 4.23. The molecule has 1 atom stereocenters. The number of nitrogens with zero attached hydrogens (tertiary/aromatic N) is 2. The molecule has 1 saturated heterocycles. The molecule has 1 aromatic heterocycles. The summed E-state index contributed by atoms with van der Waals surface area (Å²) in [6.07, 6.45) is 2.65. The van der Waals surface area contributed by atoms with Crippen molar-refractivity contribution < 1.29 is 9.90 Å². The first-order valence-electron chi connectivity index (χ1n) is 6.46. The van der Waals surface area contributed by atoms with E-state index in [0.717, 1.165) is 17.4 Å². The average Bonchev–Trinajstić information content (AvgIpc) is 2.37. The molecule has 0 bridgehead atoms. The van der Waals surface area contributed by atoms with Gasteiger partial charge in [-0.05, 0) is 44.0 Å². The molecule has 1 aromatic carbocycles. The maximum Gasteiger partial charge on any atom is 0.337 e. The van der Waals surface area contributed by atoms with Gasteiger partial charge in [-0.2, -0.15) is 0 Å². The molecule has 0 amide bonds. The highest BCUT2D eigenvalue weighted by Crippen LogP contribution is 2.32. The van der Waals surface area contributed by atoms with Crippen LogP contribution in [0.1, 0.15) is 29.3 Å². The summed E-state index contributed by atoms with van der Waals surface area (Å²) in [5, 5.41) is 9.87. The molecule has 1 unspecified atom stereocenters. The van der Waals surface area contributed by atoms with E-state index in [4.69, 9.17) is 5.11 Å². The van der Waals surface area contributed by atoms with Gasteiger partial charge in [-0.15, -0.1) is 0 Å². The van der Waals surface area contributed by atoms with Gasteiger partial charge in [0, 0.05) is 29.9 Å². The van der Waals surface area contributed by atoms with Crippen LogP contribution < -0.4 is 4.90 Å². The number of fused-ring (bicyclic) bond motifs is 1. The highest BCUT2D eigenvalue weighted by atomic mass is 16.4. The predicted molar refractivity (Wildman–Crippen MR) is 74.9 cm³/mol. The topological polar surface area (TPSA) is 53.4 Å². The molecule has 1 aliphatic heterocycles. The van der Waals surface area contributed by atoms with Crippen LogP contribution in [0.4, 0.5) is 5.69 Å². The van der Waals surface area contributed by atoms with E-state index in [-0.39, 0.29) is 5.56 Å². The highest BCUT2D eigenvalue weighted by molar-refractivity contribution is 5.93. The molecule has 98 valence electrons. The van der Waals surface area contributed by atoms with Crippen molar-refractivity contribution in [2.24, 2.45) is 0 Å². The van der Waals surface area contributed by atoms with E-state index in [0.29, 0.717) is 6.04 Å². The molecular weight excluding hydrogens is 240 g/mol. The first-order valence-corrected chi connectivity index (χ1v) is 6.46. The lowest BCUT2D eigenvalue weighted by molar-refractivity contribution is 0.0696. The third kappa shape index (κ3) is 1.93. The number of hydrogen-bond acceptors (Lipinski definition) is 3. The van der Waals surface area contributed by atoms with Crippen molar-refractivity contribution >= 4 is 22.6 Å². The Labute approximate surface area is 111 Å². The third-order valence-corrected chi connectivity index (χ3v) is 3.88. The van der Waals surface area contributed by atoms with Crippen molar-refractivity contribution in [1.82, 2.24) is 4.98 Å². The standard InChI is InChI=1S/C15H16N2O2/c1-9-5-11-6-12(15(18)19)8-16-13(11)7-14(9)17-4-3-10(17)2/h5-8,10H,3-4H2,1-2H3,(H,18,19). The van der Waals surface area contributed by atoms with E-state index >= 15 is 0 Å². The summed E-state index contributed by atoms with van der Waals surface area (Å²) in [5.74, 6) is -0.938. The van der Waals surface area contributed by atoms with E-state index in [9.17, 15) is 4.79 Å². The van der Waals surface area contributed by atoms with Gasteiger partial charge in [0.25, 0.3) is 0 Å². The SMILES string of the molecule is Cc1cc2cc(C(=O)O)cnc2cc1N1CCC1C. The molecule has 19 heavy (non-hydrogen) atoms. The maximum atomic E-state index is 11.0. The van der Waals surface area contributed by atoms with Crippen molar-refractivity contribution in [2.75, 3.05) is 11.4 Å². The number of carboxylic acids is 1. The van der Waals surface area contributed by atoms with Crippen molar-refractivity contribution in [3.8, 4) is 0 Å². The smallest absolute Gasteiger partial charge is 0.337 e. The Bertz CT molecular complexity index is 666. The van der Waals surface area contributed by atoms with Gasteiger partial charge in [0.15, 0.2) is 0 Å². The molecule has 0 radical (unpaired) electrons.